The first-order valence-electron chi connectivity index (χ1n) is 10.0. The summed E-state index contributed by atoms with van der Waals surface area (Å²) in [7, 11) is 0. The summed E-state index contributed by atoms with van der Waals surface area (Å²) in [5.74, 6) is 0.00829. The number of nitrogens with one attached hydrogen (secondary N) is 1. The first kappa shape index (κ1) is 20.1. The van der Waals surface area contributed by atoms with E-state index < -0.39 is 0 Å². The summed E-state index contributed by atoms with van der Waals surface area (Å²) in [6, 6.07) is 28.3. The number of amides is 1. The maximum absolute atomic E-state index is 12.6. The van der Waals surface area contributed by atoms with Crippen molar-refractivity contribution in [1.82, 2.24) is 15.5 Å². The highest BCUT2D eigenvalue weighted by Gasteiger charge is 2.18. The van der Waals surface area contributed by atoms with E-state index in [0.717, 1.165) is 33.5 Å². The Morgan fingerprint density at radius 1 is 0.867 bits per heavy atom. The van der Waals surface area contributed by atoms with E-state index in [4.69, 9.17) is 0 Å². The summed E-state index contributed by atoms with van der Waals surface area (Å²) >= 11 is 1.45. The highest BCUT2D eigenvalue weighted by molar-refractivity contribution is 8.00. The molecule has 1 atom stereocenters. The van der Waals surface area contributed by atoms with Gasteiger partial charge in [-0.15, -0.1) is 10.2 Å². The van der Waals surface area contributed by atoms with Gasteiger partial charge in [-0.2, -0.15) is 0 Å². The number of carbonyl (C=O) groups excluding carboxylic acids is 1. The van der Waals surface area contributed by atoms with Gasteiger partial charge < -0.3 is 5.32 Å². The first-order valence-corrected chi connectivity index (χ1v) is 10.9. The normalized spacial score (nSPS) is 11.9. The van der Waals surface area contributed by atoms with Crippen molar-refractivity contribution in [1.29, 1.82) is 0 Å². The molecule has 4 aromatic rings. The average molecular weight is 414 g/mol. The molecule has 3 aromatic carbocycles. The molecule has 0 aliphatic carbocycles. The Hall–Kier alpha value is -3.18. The van der Waals surface area contributed by atoms with Crippen molar-refractivity contribution in [3.63, 3.8) is 0 Å². The lowest BCUT2D eigenvalue weighted by Gasteiger charge is -2.14. The van der Waals surface area contributed by atoms with Crippen molar-refractivity contribution in [2.24, 2.45) is 0 Å². The number of thioether (sulfide) groups is 1. The van der Waals surface area contributed by atoms with Gasteiger partial charge in [0.1, 0.15) is 10.7 Å². The topological polar surface area (TPSA) is 54.9 Å². The second-order valence-corrected chi connectivity index (χ2v) is 8.38. The quantitative estimate of drug-likeness (QED) is 0.427. The van der Waals surface area contributed by atoms with Crippen LogP contribution in [0, 0.1) is 0 Å². The summed E-state index contributed by atoms with van der Waals surface area (Å²) in [5, 5.41) is 14.5. The van der Waals surface area contributed by atoms with Gasteiger partial charge in [-0.3, -0.25) is 4.79 Å². The van der Waals surface area contributed by atoms with Crippen LogP contribution in [0.15, 0.2) is 90.0 Å². The number of nitrogens with zero attached hydrogens (tertiary/aromatic N) is 2. The largest absolute Gasteiger partial charge is 0.355 e. The van der Waals surface area contributed by atoms with Crippen LogP contribution in [0.5, 0.6) is 0 Å². The summed E-state index contributed by atoms with van der Waals surface area (Å²) in [4.78, 5) is 12.6. The van der Waals surface area contributed by atoms with E-state index in [1.165, 1.54) is 17.3 Å². The molecular formula is C25H23N3OS. The fraction of sp³-hybridized carbons (Fsp3) is 0.160. The predicted octanol–water partition coefficient (Wildman–Crippen LogP) is 5.14. The van der Waals surface area contributed by atoms with E-state index in [-0.39, 0.29) is 11.2 Å². The highest BCUT2D eigenvalue weighted by atomic mass is 32.2. The molecule has 1 N–H and O–H groups in total. The lowest BCUT2D eigenvalue weighted by Crippen LogP contribution is -2.32. The van der Waals surface area contributed by atoms with Crippen LogP contribution >= 0.6 is 11.8 Å². The van der Waals surface area contributed by atoms with Crippen LogP contribution < -0.4 is 5.32 Å². The second kappa shape index (κ2) is 9.55. The Morgan fingerprint density at radius 2 is 1.50 bits per heavy atom. The zero-order chi connectivity index (χ0) is 20.8. The van der Waals surface area contributed by atoms with E-state index in [0.29, 0.717) is 6.54 Å². The van der Waals surface area contributed by atoms with Crippen LogP contribution in [0.2, 0.25) is 0 Å². The van der Waals surface area contributed by atoms with Gasteiger partial charge in [0, 0.05) is 22.9 Å². The Balaban J connectivity index is 1.47. The summed E-state index contributed by atoms with van der Waals surface area (Å²) in [6.07, 6.45) is 0.818. The molecule has 0 fully saturated rings. The van der Waals surface area contributed by atoms with E-state index in [1.54, 1.807) is 0 Å². The maximum atomic E-state index is 12.6. The van der Waals surface area contributed by atoms with Crippen LogP contribution in [-0.2, 0) is 11.2 Å². The number of hydrogen-bond acceptors (Lipinski definition) is 4. The SMILES string of the molecule is CC(Sc1nnc(-c2ccccc2)c2ccccc12)C(=O)NCCc1ccccc1. The third kappa shape index (κ3) is 4.69. The highest BCUT2D eigenvalue weighted by Crippen LogP contribution is 2.33. The van der Waals surface area contributed by atoms with Crippen LogP contribution in [0.1, 0.15) is 12.5 Å². The van der Waals surface area contributed by atoms with Crippen molar-refractivity contribution in [3.8, 4) is 11.3 Å². The predicted molar refractivity (Wildman–Crippen MR) is 123 cm³/mol. The number of benzene rings is 3. The molecule has 0 aliphatic heterocycles. The van der Waals surface area contributed by atoms with Gasteiger partial charge in [0.2, 0.25) is 5.91 Å². The Bertz CT molecular complexity index is 1130. The minimum absolute atomic E-state index is 0.00829. The second-order valence-electron chi connectivity index (χ2n) is 7.05. The van der Waals surface area contributed by atoms with Gasteiger partial charge in [-0.1, -0.05) is 96.7 Å². The molecular weight excluding hydrogens is 390 g/mol. The first-order chi connectivity index (χ1) is 14.7. The van der Waals surface area contributed by atoms with Gasteiger partial charge >= 0.3 is 0 Å². The molecule has 1 aromatic heterocycles. The standard InChI is InChI=1S/C25H23N3OS/c1-18(24(29)26-17-16-19-10-4-2-5-11-19)30-25-22-15-9-8-14-21(22)23(27-28-25)20-12-6-3-7-13-20/h2-15,18H,16-17H2,1H3,(H,26,29). The third-order valence-electron chi connectivity index (χ3n) is 4.91. The minimum atomic E-state index is -0.263. The average Bonchev–Trinajstić information content (AvgIpc) is 2.80. The van der Waals surface area contributed by atoms with E-state index in [1.807, 2.05) is 73.7 Å². The molecule has 0 spiro atoms. The third-order valence-corrected chi connectivity index (χ3v) is 6.01. The van der Waals surface area contributed by atoms with Crippen molar-refractivity contribution < 1.29 is 4.79 Å². The maximum Gasteiger partial charge on any atom is 0.233 e. The summed E-state index contributed by atoms with van der Waals surface area (Å²) in [6.45, 7) is 2.52. The molecule has 150 valence electrons. The molecule has 1 heterocycles. The van der Waals surface area contributed by atoms with Crippen molar-refractivity contribution >= 4 is 28.4 Å². The van der Waals surface area contributed by atoms with Crippen LogP contribution in [-0.4, -0.2) is 27.9 Å². The number of rotatable bonds is 7. The van der Waals surface area contributed by atoms with Crippen LogP contribution in [0.25, 0.3) is 22.0 Å². The smallest absolute Gasteiger partial charge is 0.233 e. The number of aromatic nitrogens is 2. The molecule has 4 nitrogen and oxygen atoms in total. The van der Waals surface area contributed by atoms with E-state index >= 15 is 0 Å². The zero-order valence-corrected chi connectivity index (χ0v) is 17.6. The molecule has 1 unspecified atom stereocenters. The Labute approximate surface area is 180 Å². The number of hydrogen-bond donors (Lipinski definition) is 1. The molecule has 4 rings (SSSR count). The lowest BCUT2D eigenvalue weighted by molar-refractivity contribution is -0.120. The molecule has 1 amide bonds. The fourth-order valence-electron chi connectivity index (χ4n) is 3.31. The van der Waals surface area contributed by atoms with E-state index in [9.17, 15) is 4.79 Å². The fourth-order valence-corrected chi connectivity index (χ4v) is 4.23. The monoisotopic (exact) mass is 413 g/mol. The van der Waals surface area contributed by atoms with Crippen molar-refractivity contribution in [2.75, 3.05) is 6.54 Å². The molecule has 0 saturated carbocycles. The lowest BCUT2D eigenvalue weighted by atomic mass is 10.1. The Morgan fingerprint density at radius 3 is 2.23 bits per heavy atom. The molecule has 5 heteroatoms. The van der Waals surface area contributed by atoms with Crippen LogP contribution in [0.4, 0.5) is 0 Å². The Kier molecular flexibility index (Phi) is 6.40. The van der Waals surface area contributed by atoms with Crippen molar-refractivity contribution in [3.05, 3.63) is 90.5 Å². The number of fused-ring (bicyclic) bond motifs is 1. The van der Waals surface area contributed by atoms with Gasteiger partial charge in [0.25, 0.3) is 0 Å². The molecule has 0 radical (unpaired) electrons. The van der Waals surface area contributed by atoms with Crippen LogP contribution in [0.3, 0.4) is 0 Å². The molecule has 0 bridgehead atoms. The van der Waals surface area contributed by atoms with E-state index in [2.05, 4.69) is 33.7 Å². The summed E-state index contributed by atoms with van der Waals surface area (Å²) in [5.41, 5.74) is 3.10. The van der Waals surface area contributed by atoms with Gasteiger partial charge in [-0.05, 0) is 18.9 Å². The minimum Gasteiger partial charge on any atom is -0.355 e. The zero-order valence-electron chi connectivity index (χ0n) is 16.8. The van der Waals surface area contributed by atoms with Gasteiger partial charge in [-0.25, -0.2) is 0 Å². The van der Waals surface area contributed by atoms with Gasteiger partial charge in [0.15, 0.2) is 0 Å². The molecule has 30 heavy (non-hydrogen) atoms. The summed E-state index contributed by atoms with van der Waals surface area (Å²) < 4.78 is 0. The molecule has 0 saturated heterocycles. The van der Waals surface area contributed by atoms with Gasteiger partial charge in [0.05, 0.1) is 5.25 Å². The van der Waals surface area contributed by atoms with Crippen molar-refractivity contribution in [2.45, 2.75) is 23.6 Å². The molecule has 0 aliphatic rings. The number of carbonyl (C=O) groups is 1.